The predicted molar refractivity (Wildman–Crippen MR) is 93.6 cm³/mol. The van der Waals surface area contributed by atoms with Crippen LogP contribution in [-0.4, -0.2) is 45.0 Å². The number of carbonyl (C=O) groups is 1. The molecule has 1 aromatic carbocycles. The number of hydrogen-bond acceptors (Lipinski definition) is 6. The third kappa shape index (κ3) is 4.47. The van der Waals surface area contributed by atoms with Crippen molar-refractivity contribution in [2.24, 2.45) is 5.92 Å². The molecule has 1 N–H and O–H groups in total. The highest BCUT2D eigenvalue weighted by molar-refractivity contribution is 7.99. The largest absolute Gasteiger partial charge is 0.494 e. The molecule has 0 radical (unpaired) electrons. The van der Waals surface area contributed by atoms with Crippen LogP contribution >= 0.6 is 11.8 Å². The zero-order chi connectivity index (χ0) is 17.7. The zero-order valence-corrected chi connectivity index (χ0v) is 15.4. The van der Waals surface area contributed by atoms with Gasteiger partial charge >= 0.3 is 0 Å². The van der Waals surface area contributed by atoms with E-state index in [1.54, 1.807) is 11.8 Å². The molecule has 1 aromatic heterocycles. The molecule has 0 unspecified atom stereocenters. The number of benzene rings is 1. The molecule has 24 heavy (non-hydrogen) atoms. The van der Waals surface area contributed by atoms with Crippen molar-refractivity contribution in [2.45, 2.75) is 38.9 Å². The lowest BCUT2D eigenvalue weighted by molar-refractivity contribution is -0.119. The molecule has 0 aliphatic carbocycles. The van der Waals surface area contributed by atoms with Gasteiger partial charge in [-0.05, 0) is 47.9 Å². The molecule has 0 saturated carbocycles. The quantitative estimate of drug-likeness (QED) is 0.772. The van der Waals surface area contributed by atoms with Crippen LogP contribution in [0, 0.1) is 12.8 Å². The molecule has 0 aliphatic heterocycles. The number of amides is 1. The van der Waals surface area contributed by atoms with Crippen LogP contribution < -0.4 is 10.1 Å². The van der Waals surface area contributed by atoms with E-state index in [2.05, 4.69) is 34.7 Å². The fourth-order valence-corrected chi connectivity index (χ4v) is 2.67. The van der Waals surface area contributed by atoms with Crippen molar-refractivity contribution in [1.29, 1.82) is 0 Å². The van der Waals surface area contributed by atoms with E-state index in [4.69, 9.17) is 4.74 Å². The average molecular weight is 349 g/mol. The maximum Gasteiger partial charge on any atom is 0.230 e. The Morgan fingerprint density at radius 3 is 2.79 bits per heavy atom. The first-order valence-corrected chi connectivity index (χ1v) is 8.76. The highest BCUT2D eigenvalue weighted by atomic mass is 32.2. The van der Waals surface area contributed by atoms with E-state index in [-0.39, 0.29) is 17.7 Å². The molecule has 0 spiro atoms. The summed E-state index contributed by atoms with van der Waals surface area (Å²) in [6, 6.07) is 5.91. The van der Waals surface area contributed by atoms with Crippen molar-refractivity contribution < 1.29 is 9.53 Å². The number of nitrogens with one attached hydrogen (secondary N) is 1. The minimum Gasteiger partial charge on any atom is -0.494 e. The second-order valence-electron chi connectivity index (χ2n) is 5.94. The van der Waals surface area contributed by atoms with E-state index >= 15 is 0 Å². The highest BCUT2D eigenvalue weighted by Gasteiger charge is 2.16. The molecule has 1 amide bonds. The molecule has 130 valence electrons. The van der Waals surface area contributed by atoms with E-state index < -0.39 is 0 Å². The third-order valence-electron chi connectivity index (χ3n) is 3.72. The maximum atomic E-state index is 12.0. The lowest BCUT2D eigenvalue weighted by Gasteiger charge is -2.17. The highest BCUT2D eigenvalue weighted by Crippen LogP contribution is 2.26. The van der Waals surface area contributed by atoms with E-state index in [1.807, 2.05) is 32.0 Å². The van der Waals surface area contributed by atoms with Crippen LogP contribution in [0.3, 0.4) is 0 Å². The first-order chi connectivity index (χ1) is 11.4. The number of methoxy groups -OCH3 is 1. The summed E-state index contributed by atoms with van der Waals surface area (Å²) >= 11 is 1.29. The van der Waals surface area contributed by atoms with E-state index in [1.165, 1.54) is 11.8 Å². The van der Waals surface area contributed by atoms with E-state index in [0.717, 1.165) is 11.3 Å². The second-order valence-corrected chi connectivity index (χ2v) is 6.88. The van der Waals surface area contributed by atoms with Crippen molar-refractivity contribution >= 4 is 17.7 Å². The fraction of sp³-hybridized carbons (Fsp3) is 0.500. The van der Waals surface area contributed by atoms with Crippen molar-refractivity contribution in [2.75, 3.05) is 12.9 Å². The number of tetrazole rings is 1. The minimum atomic E-state index is -0.0352. The Hall–Kier alpha value is -2.09. The van der Waals surface area contributed by atoms with Gasteiger partial charge in [-0.15, -0.1) is 5.10 Å². The van der Waals surface area contributed by atoms with Crippen molar-refractivity contribution in [1.82, 2.24) is 25.5 Å². The van der Waals surface area contributed by atoms with Gasteiger partial charge in [-0.3, -0.25) is 4.79 Å². The summed E-state index contributed by atoms with van der Waals surface area (Å²) in [6.07, 6.45) is 0. The number of nitrogens with zero attached hydrogens (tertiary/aromatic N) is 4. The second kappa shape index (κ2) is 8.14. The van der Waals surface area contributed by atoms with Crippen molar-refractivity contribution in [3.63, 3.8) is 0 Å². The molecule has 7 nitrogen and oxygen atoms in total. The van der Waals surface area contributed by atoms with Gasteiger partial charge in [-0.2, -0.15) is 4.68 Å². The first kappa shape index (κ1) is 18.3. The van der Waals surface area contributed by atoms with E-state index in [9.17, 15) is 4.79 Å². The number of carbonyl (C=O) groups excluding carboxylic acids is 1. The monoisotopic (exact) mass is 349 g/mol. The van der Waals surface area contributed by atoms with Crippen molar-refractivity contribution in [3.05, 3.63) is 23.8 Å². The van der Waals surface area contributed by atoms with Crippen LogP contribution in [0.25, 0.3) is 5.69 Å². The Kier molecular flexibility index (Phi) is 6.19. The Bertz CT molecular complexity index is 702. The van der Waals surface area contributed by atoms with Crippen LogP contribution in [0.1, 0.15) is 26.3 Å². The SMILES string of the molecule is COc1ccc(C)cc1-n1nnnc1SCC(=O)N[C@H](C)C(C)C. The maximum absolute atomic E-state index is 12.0. The minimum absolute atomic E-state index is 0.0352. The summed E-state index contributed by atoms with van der Waals surface area (Å²) in [4.78, 5) is 12.0. The summed E-state index contributed by atoms with van der Waals surface area (Å²) < 4.78 is 6.97. The van der Waals surface area contributed by atoms with Gasteiger partial charge in [-0.25, -0.2) is 0 Å². The summed E-state index contributed by atoms with van der Waals surface area (Å²) in [5, 5.41) is 15.3. The Balaban J connectivity index is 2.11. The fourth-order valence-electron chi connectivity index (χ4n) is 1.98. The molecule has 1 atom stereocenters. The van der Waals surface area contributed by atoms with Crippen LogP contribution in [0.4, 0.5) is 0 Å². The van der Waals surface area contributed by atoms with Gasteiger partial charge in [0, 0.05) is 6.04 Å². The number of thioether (sulfide) groups is 1. The summed E-state index contributed by atoms with van der Waals surface area (Å²) in [7, 11) is 1.60. The molecular weight excluding hydrogens is 326 g/mol. The smallest absolute Gasteiger partial charge is 0.230 e. The van der Waals surface area contributed by atoms with E-state index in [0.29, 0.717) is 16.8 Å². The van der Waals surface area contributed by atoms with Gasteiger partial charge < -0.3 is 10.1 Å². The molecule has 0 fully saturated rings. The number of rotatable bonds is 7. The lowest BCUT2D eigenvalue weighted by atomic mass is 10.1. The standard InChI is InChI=1S/C16H23N5O2S/c1-10(2)12(4)17-15(22)9-24-16-18-19-20-21(16)13-8-11(3)6-7-14(13)23-5/h6-8,10,12H,9H2,1-5H3,(H,17,22)/t12-/m1/s1. The number of hydrogen-bond donors (Lipinski definition) is 1. The first-order valence-electron chi connectivity index (χ1n) is 7.78. The predicted octanol–water partition coefficient (Wildman–Crippen LogP) is 2.23. The number of aromatic nitrogens is 4. The number of ether oxygens (including phenoxy) is 1. The van der Waals surface area contributed by atoms with Gasteiger partial charge in [0.2, 0.25) is 11.1 Å². The molecule has 0 bridgehead atoms. The molecule has 0 aliphatic rings. The Morgan fingerprint density at radius 1 is 1.38 bits per heavy atom. The topological polar surface area (TPSA) is 81.9 Å². The van der Waals surface area contributed by atoms with Crippen LogP contribution in [0.2, 0.25) is 0 Å². The van der Waals surface area contributed by atoms with Crippen LogP contribution in [0.5, 0.6) is 5.75 Å². The van der Waals surface area contributed by atoms with Gasteiger partial charge in [0.1, 0.15) is 11.4 Å². The molecule has 0 saturated heterocycles. The summed E-state index contributed by atoms with van der Waals surface area (Å²) in [6.45, 7) is 8.13. The molecule has 1 heterocycles. The normalized spacial score (nSPS) is 12.2. The van der Waals surface area contributed by atoms with Crippen LogP contribution in [-0.2, 0) is 4.79 Å². The van der Waals surface area contributed by atoms with Crippen molar-refractivity contribution in [3.8, 4) is 11.4 Å². The molecule has 8 heteroatoms. The van der Waals surface area contributed by atoms with Crippen LogP contribution in [0.15, 0.2) is 23.4 Å². The molecular formula is C16H23N5O2S. The van der Waals surface area contributed by atoms with Gasteiger partial charge in [-0.1, -0.05) is 31.7 Å². The molecule has 2 aromatic rings. The lowest BCUT2D eigenvalue weighted by Crippen LogP contribution is -2.37. The zero-order valence-electron chi connectivity index (χ0n) is 14.6. The third-order valence-corrected chi connectivity index (χ3v) is 4.64. The number of aryl methyl sites for hydroxylation is 1. The molecule has 2 rings (SSSR count). The van der Waals surface area contributed by atoms with Gasteiger partial charge in [0.15, 0.2) is 0 Å². The summed E-state index contributed by atoms with van der Waals surface area (Å²) in [5.74, 6) is 1.28. The van der Waals surface area contributed by atoms with Gasteiger partial charge in [0.05, 0.1) is 12.9 Å². The Labute approximate surface area is 146 Å². The van der Waals surface area contributed by atoms with Gasteiger partial charge in [0.25, 0.3) is 0 Å². The summed E-state index contributed by atoms with van der Waals surface area (Å²) in [5.41, 5.74) is 1.82. The average Bonchev–Trinajstić information content (AvgIpc) is 3.01. The Morgan fingerprint density at radius 2 is 2.12 bits per heavy atom.